The van der Waals surface area contributed by atoms with Crippen LogP contribution >= 0.6 is 7.82 Å². The fourth-order valence-electron chi connectivity index (χ4n) is 14.2. The van der Waals surface area contributed by atoms with Crippen molar-refractivity contribution in [3.05, 3.63) is 35.9 Å². The van der Waals surface area contributed by atoms with Crippen LogP contribution in [0, 0.1) is 0 Å². The average Bonchev–Trinajstić information content (AvgIpc) is 0.781. The molecule has 1 fully saturated rings. The highest BCUT2D eigenvalue weighted by molar-refractivity contribution is 7.46. The van der Waals surface area contributed by atoms with Gasteiger partial charge in [0.25, 0.3) is 0 Å². The van der Waals surface area contributed by atoms with Crippen molar-refractivity contribution in [1.29, 1.82) is 0 Å². The van der Waals surface area contributed by atoms with Crippen molar-refractivity contribution >= 4 is 43.3 Å². The van der Waals surface area contributed by atoms with Gasteiger partial charge in [0.1, 0.15) is 42.3 Å². The molecule has 2 unspecified atom stereocenters. The van der Waals surface area contributed by atoms with Gasteiger partial charge in [-0.15, -0.1) is 0 Å². The van der Waals surface area contributed by atoms with Crippen LogP contribution in [0.15, 0.2) is 30.3 Å². The first kappa shape index (κ1) is 96.3. The van der Waals surface area contributed by atoms with E-state index in [4.69, 9.17) is 28.2 Å². The van der Waals surface area contributed by atoms with E-state index in [0.29, 0.717) is 51.4 Å². The number of carbonyl (C=O) groups excluding carboxylic acids is 6. The minimum atomic E-state index is -5.43. The number of esters is 3. The van der Waals surface area contributed by atoms with Crippen LogP contribution in [-0.2, 0) is 68.0 Å². The molecule has 0 radical (unpaired) electrons. The smallest absolute Gasteiger partial charge is 0.462 e. The summed E-state index contributed by atoms with van der Waals surface area (Å²) in [6.07, 6.45) is 43.9. The van der Waals surface area contributed by atoms with Crippen molar-refractivity contribution in [2.24, 2.45) is 0 Å². The SMILES string of the molecule is CCCCCCCCCCC[C@H](CC(=O)CCCO[C@@H]1OC(CO)[C@@H](OP(=O)(O)O)[C@H](NC(=O)C[C@@H](CCCCCCCCCCC)OC(=O)CCCCCCCc2ccccc2)C1NC(=O)C[C@@H](CCCCCCCCCCC)OC(=O)CCCCCCCCC)OC(=O)CCCCCCCCC. The Kier molecular flexibility index (Phi) is 61.3. The number of aryl methyl sites for hydroxylation is 1. The molecular weight excluding hydrogens is 1340 g/mol. The first-order chi connectivity index (χ1) is 50.5. The fraction of sp³-hybridized carbons (Fsp3) is 0.859. The Morgan fingerprint density at radius 2 is 0.740 bits per heavy atom. The standard InChI is InChI=1S/C85H153N2O16P/c1-6-11-16-21-26-29-34-39-49-60-73(99-79(92)63-52-42-32-24-19-14-9-4)67-72(89)59-55-66-98-85-83(87-78(91)69-75(62-51-41-36-31-28-23-18-13-8-3)101-80(93)64-53-43-33-25-20-15-10-5)82(84(76(70-88)102-85)103-104(95,96)97)86-77(90)68-74(61-50-40-35-30-27-22-17-12-7-2)100-81(94)65-54-44-37-38-46-56-71-57-47-45-48-58-71/h45,47-48,57-58,73-76,82-85,88H,6-44,46,49-56,59-70H2,1-5H3,(H,86,90)(H,87,91)(H2,95,96,97)/t73-,74-,75-,76?,82-,83?,84-,85-/m1/s1. The lowest BCUT2D eigenvalue weighted by atomic mass is 9.93. The lowest BCUT2D eigenvalue weighted by Crippen LogP contribution is -2.70. The Hall–Kier alpha value is -3.77. The molecule has 1 aliphatic heterocycles. The number of ketones is 1. The van der Waals surface area contributed by atoms with Crippen molar-refractivity contribution in [2.45, 2.75) is 456 Å². The molecule has 1 heterocycles. The van der Waals surface area contributed by atoms with E-state index in [2.05, 4.69) is 57.4 Å². The van der Waals surface area contributed by atoms with Crippen LogP contribution in [0.1, 0.15) is 406 Å². The van der Waals surface area contributed by atoms with E-state index in [-0.39, 0.29) is 63.3 Å². The average molecular weight is 1490 g/mol. The summed E-state index contributed by atoms with van der Waals surface area (Å²) in [7, 11) is -5.43. The third kappa shape index (κ3) is 53.9. The second kappa shape index (κ2) is 66.2. The number of nitrogens with one attached hydrogen (secondary N) is 2. The first-order valence-corrected chi connectivity index (χ1v) is 44.4. The van der Waals surface area contributed by atoms with Gasteiger partial charge >= 0.3 is 25.7 Å². The molecule has 1 aromatic carbocycles. The zero-order chi connectivity index (χ0) is 75.8. The normalized spacial score (nSPS) is 16.9. The van der Waals surface area contributed by atoms with E-state index in [1.54, 1.807) is 0 Å². The van der Waals surface area contributed by atoms with Gasteiger partial charge in [-0.05, 0) is 82.6 Å². The van der Waals surface area contributed by atoms with Gasteiger partial charge in [0, 0.05) is 32.1 Å². The van der Waals surface area contributed by atoms with Crippen molar-refractivity contribution in [1.82, 2.24) is 10.6 Å². The highest BCUT2D eigenvalue weighted by atomic mass is 31.2. The highest BCUT2D eigenvalue weighted by Gasteiger charge is 2.51. The van der Waals surface area contributed by atoms with Gasteiger partial charge in [-0.3, -0.25) is 33.3 Å². The zero-order valence-corrected chi connectivity index (χ0v) is 67.4. The van der Waals surface area contributed by atoms with E-state index < -0.39 is 87.1 Å². The Morgan fingerprint density at radius 1 is 0.413 bits per heavy atom. The van der Waals surface area contributed by atoms with Gasteiger partial charge in [0.05, 0.1) is 32.1 Å². The number of amides is 2. The summed E-state index contributed by atoms with van der Waals surface area (Å²) in [4.78, 5) is 105. The molecule has 1 aliphatic rings. The van der Waals surface area contributed by atoms with Crippen molar-refractivity contribution < 1.29 is 76.4 Å². The second-order valence-electron chi connectivity index (χ2n) is 30.3. The lowest BCUT2D eigenvalue weighted by Gasteiger charge is -2.46. The Morgan fingerprint density at radius 3 is 1.10 bits per heavy atom. The summed E-state index contributed by atoms with van der Waals surface area (Å²) in [5.74, 6) is -2.56. The van der Waals surface area contributed by atoms with Crippen molar-refractivity contribution in [2.75, 3.05) is 13.2 Å². The lowest BCUT2D eigenvalue weighted by molar-refractivity contribution is -0.247. The minimum absolute atomic E-state index is 0.0370. The molecule has 604 valence electrons. The second-order valence-corrected chi connectivity index (χ2v) is 31.5. The van der Waals surface area contributed by atoms with Crippen molar-refractivity contribution in [3.8, 4) is 0 Å². The third-order valence-corrected chi connectivity index (χ3v) is 20.9. The zero-order valence-electron chi connectivity index (χ0n) is 66.5. The van der Waals surface area contributed by atoms with E-state index in [9.17, 15) is 48.2 Å². The third-order valence-electron chi connectivity index (χ3n) is 20.4. The fourth-order valence-corrected chi connectivity index (χ4v) is 14.8. The number of unbranched alkanes of at least 4 members (excludes halogenated alkanes) is 40. The van der Waals surface area contributed by atoms with Crippen LogP contribution in [0.4, 0.5) is 0 Å². The maximum atomic E-state index is 14.8. The molecule has 0 bridgehead atoms. The van der Waals surface area contributed by atoms with E-state index >= 15 is 0 Å². The van der Waals surface area contributed by atoms with E-state index in [0.717, 1.165) is 167 Å². The number of ether oxygens (including phenoxy) is 5. The summed E-state index contributed by atoms with van der Waals surface area (Å²) in [5.41, 5.74) is 1.30. The number of hydrogen-bond donors (Lipinski definition) is 5. The van der Waals surface area contributed by atoms with Crippen molar-refractivity contribution in [3.63, 3.8) is 0 Å². The minimum Gasteiger partial charge on any atom is -0.462 e. The van der Waals surface area contributed by atoms with Gasteiger partial charge in [-0.2, -0.15) is 0 Å². The van der Waals surface area contributed by atoms with Gasteiger partial charge in [0.15, 0.2) is 6.29 Å². The summed E-state index contributed by atoms with van der Waals surface area (Å²) in [5, 5.41) is 16.8. The predicted molar refractivity (Wildman–Crippen MR) is 419 cm³/mol. The molecule has 8 atom stereocenters. The monoisotopic (exact) mass is 1490 g/mol. The number of aliphatic hydroxyl groups excluding tert-OH is 1. The summed E-state index contributed by atoms with van der Waals surface area (Å²) in [6.45, 7) is 9.99. The van der Waals surface area contributed by atoms with Crippen LogP contribution in [0.5, 0.6) is 0 Å². The molecule has 5 N–H and O–H groups in total. The number of benzene rings is 1. The Balaban J connectivity index is 2.52. The maximum absolute atomic E-state index is 14.8. The number of carbonyl (C=O) groups is 6. The number of Topliss-reactive ketones (excluding diaryl/α,β-unsaturated/α-hetero) is 1. The highest BCUT2D eigenvalue weighted by Crippen LogP contribution is 2.42. The van der Waals surface area contributed by atoms with E-state index in [1.807, 2.05) is 18.2 Å². The number of hydrogen-bond acceptors (Lipinski definition) is 14. The molecule has 19 heteroatoms. The number of rotatable bonds is 73. The van der Waals surface area contributed by atoms with Crippen LogP contribution in [0.3, 0.4) is 0 Å². The van der Waals surface area contributed by atoms with Crippen LogP contribution < -0.4 is 10.6 Å². The first-order valence-electron chi connectivity index (χ1n) is 42.9. The van der Waals surface area contributed by atoms with Crippen LogP contribution in [0.2, 0.25) is 0 Å². The van der Waals surface area contributed by atoms with E-state index in [1.165, 1.54) is 115 Å². The van der Waals surface area contributed by atoms with Gasteiger partial charge < -0.3 is 49.2 Å². The molecule has 1 aromatic rings. The molecule has 104 heavy (non-hydrogen) atoms. The molecule has 1 saturated heterocycles. The van der Waals surface area contributed by atoms with Gasteiger partial charge in [-0.1, -0.05) is 315 Å². The van der Waals surface area contributed by atoms with Crippen LogP contribution in [0.25, 0.3) is 0 Å². The van der Waals surface area contributed by atoms with Crippen LogP contribution in [-0.4, -0.2) is 113 Å². The number of aliphatic hydroxyl groups is 1. The molecule has 18 nitrogen and oxygen atoms in total. The molecule has 2 amide bonds. The Labute approximate surface area is 632 Å². The summed E-state index contributed by atoms with van der Waals surface area (Å²) in [6, 6.07) is 7.39. The van der Waals surface area contributed by atoms with Gasteiger partial charge in [-0.25, -0.2) is 4.57 Å². The predicted octanol–water partition coefficient (Wildman–Crippen LogP) is 21.1. The molecular formula is C85H153N2O16P. The topological polar surface area (TPSA) is 260 Å². The molecule has 0 aliphatic carbocycles. The maximum Gasteiger partial charge on any atom is 0.470 e. The van der Waals surface area contributed by atoms with Gasteiger partial charge in [0.2, 0.25) is 11.8 Å². The summed E-state index contributed by atoms with van der Waals surface area (Å²) >= 11 is 0. The molecule has 0 saturated carbocycles. The molecule has 0 aromatic heterocycles. The number of phosphoric acid groups is 1. The Bertz CT molecular complexity index is 2310. The molecule has 0 spiro atoms. The number of phosphoric ester groups is 1. The molecule has 2 rings (SSSR count). The quantitative estimate of drug-likeness (QED) is 0.0176. The summed E-state index contributed by atoms with van der Waals surface area (Å²) < 4.78 is 49.5. The largest absolute Gasteiger partial charge is 0.470 e.